The van der Waals surface area contributed by atoms with Gasteiger partial charge in [-0.25, -0.2) is 4.98 Å². The van der Waals surface area contributed by atoms with Crippen molar-refractivity contribution in [2.24, 2.45) is 0 Å². The molecule has 0 aliphatic heterocycles. The van der Waals surface area contributed by atoms with Crippen LogP contribution in [0, 0.1) is 11.3 Å². The Kier molecular flexibility index (Phi) is 7.16. The highest BCUT2D eigenvalue weighted by molar-refractivity contribution is 6.11. The molecule has 0 saturated carbocycles. The van der Waals surface area contributed by atoms with Crippen molar-refractivity contribution < 1.29 is 24.2 Å². The number of aliphatic carboxylic acids is 1. The van der Waals surface area contributed by atoms with Gasteiger partial charge >= 0.3 is 5.97 Å². The van der Waals surface area contributed by atoms with Crippen LogP contribution in [0.5, 0.6) is 11.5 Å². The molecule has 2 aromatic carbocycles. The molecular formula is C27H24N4O5. The van der Waals surface area contributed by atoms with Crippen LogP contribution in [0.15, 0.2) is 60.8 Å². The molecule has 0 aliphatic carbocycles. The zero-order valence-corrected chi connectivity index (χ0v) is 19.7. The number of hydrogen-bond donors (Lipinski definition) is 3. The van der Waals surface area contributed by atoms with Crippen LogP contribution in [0.25, 0.3) is 10.9 Å². The molecule has 9 heteroatoms. The minimum atomic E-state index is -0.934. The molecule has 9 nitrogen and oxygen atoms in total. The van der Waals surface area contributed by atoms with Gasteiger partial charge in [-0.1, -0.05) is 12.1 Å². The molecule has 0 saturated heterocycles. The van der Waals surface area contributed by atoms with E-state index in [1.165, 1.54) is 14.2 Å². The van der Waals surface area contributed by atoms with E-state index in [0.29, 0.717) is 40.3 Å². The van der Waals surface area contributed by atoms with Gasteiger partial charge in [-0.15, -0.1) is 0 Å². The molecule has 3 N–H and O–H groups in total. The van der Waals surface area contributed by atoms with E-state index in [1.807, 2.05) is 24.3 Å². The average molecular weight is 485 g/mol. The molecule has 36 heavy (non-hydrogen) atoms. The number of carboxylic acid groups (broad SMARTS) is 1. The lowest BCUT2D eigenvalue weighted by Gasteiger charge is -2.19. The summed E-state index contributed by atoms with van der Waals surface area (Å²) in [5.41, 5.74) is 3.10. The quantitative estimate of drug-likeness (QED) is 0.280. The van der Waals surface area contributed by atoms with Crippen LogP contribution < -0.4 is 14.8 Å². The van der Waals surface area contributed by atoms with E-state index in [-0.39, 0.29) is 17.9 Å². The van der Waals surface area contributed by atoms with Crippen LogP contribution in [0.1, 0.15) is 39.8 Å². The Hall–Kier alpha value is -4.84. The van der Waals surface area contributed by atoms with Crippen molar-refractivity contribution in [3.8, 4) is 17.6 Å². The summed E-state index contributed by atoms with van der Waals surface area (Å²) in [6.07, 6.45) is 1.97. The summed E-state index contributed by atoms with van der Waals surface area (Å²) in [6, 6.07) is 16.7. The topological polar surface area (TPSA) is 137 Å². The summed E-state index contributed by atoms with van der Waals surface area (Å²) < 4.78 is 10.7. The number of carboxylic acids is 1. The molecule has 0 radical (unpaired) electrons. The molecule has 2 heterocycles. The predicted molar refractivity (Wildman–Crippen MR) is 133 cm³/mol. The number of ether oxygens (including phenoxy) is 2. The third kappa shape index (κ3) is 5.28. The minimum absolute atomic E-state index is 0.00800. The third-order valence-corrected chi connectivity index (χ3v) is 5.74. The van der Waals surface area contributed by atoms with E-state index >= 15 is 0 Å². The summed E-state index contributed by atoms with van der Waals surface area (Å²) in [5.74, 6) is -0.0863. The summed E-state index contributed by atoms with van der Waals surface area (Å²) in [4.78, 5) is 32.4. The maximum atomic E-state index is 13.9. The molecule has 2 aromatic heterocycles. The second-order valence-corrected chi connectivity index (χ2v) is 8.08. The van der Waals surface area contributed by atoms with Crippen LogP contribution in [0.4, 0.5) is 5.69 Å². The highest BCUT2D eigenvalue weighted by Gasteiger charge is 2.26. The number of pyridine rings is 1. The number of Topliss-reactive ketones (excluding diaryl/α,β-unsaturated/α-hetero) is 1. The Bertz CT molecular complexity index is 1450. The van der Waals surface area contributed by atoms with Crippen molar-refractivity contribution in [3.05, 3.63) is 83.3 Å². The smallest absolute Gasteiger partial charge is 0.303 e. The summed E-state index contributed by atoms with van der Waals surface area (Å²) in [5, 5.41) is 22.3. The van der Waals surface area contributed by atoms with Gasteiger partial charge in [-0.2, -0.15) is 5.26 Å². The van der Waals surface area contributed by atoms with Gasteiger partial charge in [0.05, 0.1) is 19.9 Å². The van der Waals surface area contributed by atoms with E-state index in [2.05, 4.69) is 15.3 Å². The number of nitrogens with one attached hydrogen (secondary N) is 2. The molecule has 4 aromatic rings. The first-order valence-electron chi connectivity index (χ1n) is 11.1. The number of aromatic nitrogens is 2. The van der Waals surface area contributed by atoms with Gasteiger partial charge in [0, 0.05) is 53.0 Å². The van der Waals surface area contributed by atoms with Crippen molar-refractivity contribution >= 4 is 28.3 Å². The van der Waals surface area contributed by atoms with Crippen molar-refractivity contribution in [1.29, 1.82) is 5.26 Å². The zero-order chi connectivity index (χ0) is 25.7. The summed E-state index contributed by atoms with van der Waals surface area (Å²) in [7, 11) is 3.07. The van der Waals surface area contributed by atoms with Crippen LogP contribution in [-0.2, 0) is 11.2 Å². The maximum absolute atomic E-state index is 13.9. The predicted octanol–water partition coefficient (Wildman–Crippen LogP) is 4.51. The lowest BCUT2D eigenvalue weighted by molar-refractivity contribution is -0.136. The number of carbonyl (C=O) groups excluding carboxylic acids is 1. The number of fused-ring (bicyclic) bond motifs is 1. The first-order chi connectivity index (χ1) is 17.4. The number of methoxy groups -OCH3 is 2. The van der Waals surface area contributed by atoms with Gasteiger partial charge in [0.15, 0.2) is 5.78 Å². The van der Waals surface area contributed by atoms with E-state index < -0.39 is 12.0 Å². The number of hydrogen-bond acceptors (Lipinski definition) is 7. The molecule has 4 rings (SSSR count). The van der Waals surface area contributed by atoms with Crippen molar-refractivity contribution in [1.82, 2.24) is 9.97 Å². The van der Waals surface area contributed by atoms with Gasteiger partial charge in [0.2, 0.25) is 0 Å². The van der Waals surface area contributed by atoms with Crippen molar-refractivity contribution in [2.45, 2.75) is 18.9 Å². The number of aryl methyl sites for hydroxylation is 1. The zero-order valence-electron chi connectivity index (χ0n) is 19.7. The highest BCUT2D eigenvalue weighted by atomic mass is 16.5. The van der Waals surface area contributed by atoms with Gasteiger partial charge in [0.1, 0.15) is 29.3 Å². The fourth-order valence-electron chi connectivity index (χ4n) is 3.94. The van der Waals surface area contributed by atoms with Crippen LogP contribution >= 0.6 is 0 Å². The number of ketones is 1. The fraction of sp³-hybridized carbons (Fsp3) is 0.185. The van der Waals surface area contributed by atoms with E-state index in [9.17, 15) is 14.9 Å². The monoisotopic (exact) mass is 484 g/mol. The fourth-order valence-corrected chi connectivity index (χ4v) is 3.94. The average Bonchev–Trinajstić information content (AvgIpc) is 3.33. The molecule has 0 spiro atoms. The van der Waals surface area contributed by atoms with E-state index in [1.54, 1.807) is 42.6 Å². The number of rotatable bonds is 10. The summed E-state index contributed by atoms with van der Waals surface area (Å²) in [6.45, 7) is 0. The first kappa shape index (κ1) is 24.3. The lowest BCUT2D eigenvalue weighted by Crippen LogP contribution is -2.22. The number of nitriles is 1. The molecule has 1 unspecified atom stereocenters. The van der Waals surface area contributed by atoms with Crippen molar-refractivity contribution in [2.75, 3.05) is 19.5 Å². The molecule has 0 fully saturated rings. The van der Waals surface area contributed by atoms with Gasteiger partial charge < -0.3 is 24.9 Å². The van der Waals surface area contributed by atoms with Crippen LogP contribution in [0.3, 0.4) is 0 Å². The number of anilines is 1. The second-order valence-electron chi connectivity index (χ2n) is 8.08. The molecule has 182 valence electrons. The minimum Gasteiger partial charge on any atom is -0.497 e. The molecule has 0 amide bonds. The lowest BCUT2D eigenvalue weighted by atomic mass is 9.98. The number of aromatic amines is 1. The molecular weight excluding hydrogens is 460 g/mol. The van der Waals surface area contributed by atoms with E-state index in [0.717, 1.165) is 11.1 Å². The number of nitrogens with zero attached hydrogens (tertiary/aromatic N) is 2. The second kappa shape index (κ2) is 10.6. The maximum Gasteiger partial charge on any atom is 0.303 e. The Morgan fingerprint density at radius 2 is 1.86 bits per heavy atom. The van der Waals surface area contributed by atoms with E-state index in [4.69, 9.17) is 14.6 Å². The third-order valence-electron chi connectivity index (χ3n) is 5.74. The SMILES string of the molecule is COc1cc(NC(C(=O)c2c[nH]c3ccc(CCC(=O)O)cc23)c2cccc(C#N)n2)cc(OC)c1. The first-order valence-corrected chi connectivity index (χ1v) is 11.1. The molecule has 0 bridgehead atoms. The number of benzene rings is 2. The Balaban J connectivity index is 1.77. The van der Waals surface area contributed by atoms with Gasteiger partial charge in [-0.05, 0) is 36.2 Å². The largest absolute Gasteiger partial charge is 0.497 e. The highest BCUT2D eigenvalue weighted by Crippen LogP contribution is 2.31. The molecule has 1 atom stereocenters. The summed E-state index contributed by atoms with van der Waals surface area (Å²) >= 11 is 0. The standard InChI is InChI=1S/C27H24N4O5/c1-35-19-11-18(12-20(13-19)36-2)31-26(24-5-3-4-17(14-28)30-24)27(34)22-15-29-23-8-6-16(10-21(22)23)7-9-25(32)33/h3-6,8,10-13,15,26,29,31H,7,9H2,1-2H3,(H,32,33). The van der Waals surface area contributed by atoms with Crippen molar-refractivity contribution in [3.63, 3.8) is 0 Å². The number of carbonyl (C=O) groups is 2. The normalized spacial score (nSPS) is 11.5. The Morgan fingerprint density at radius 1 is 1.11 bits per heavy atom. The Morgan fingerprint density at radius 3 is 2.53 bits per heavy atom. The van der Waals surface area contributed by atoms with Gasteiger partial charge in [-0.3, -0.25) is 9.59 Å². The number of H-pyrrole nitrogens is 1. The van der Waals surface area contributed by atoms with Crippen LogP contribution in [0.2, 0.25) is 0 Å². The van der Waals surface area contributed by atoms with Crippen LogP contribution in [-0.4, -0.2) is 41.0 Å². The van der Waals surface area contributed by atoms with Gasteiger partial charge in [0.25, 0.3) is 0 Å². The molecule has 0 aliphatic rings. The Labute approximate surface area is 207 Å².